The van der Waals surface area contributed by atoms with Crippen LogP contribution < -0.4 is 5.73 Å². The topological polar surface area (TPSA) is 59.2 Å². The van der Waals surface area contributed by atoms with E-state index in [2.05, 4.69) is 4.98 Å². The van der Waals surface area contributed by atoms with Gasteiger partial charge in [0.2, 0.25) is 0 Å². The number of hydrogen-bond donors (Lipinski definition) is 1. The summed E-state index contributed by atoms with van der Waals surface area (Å²) in [5, 5.41) is 3.22. The fraction of sp³-hybridized carbons (Fsp3) is 0.375. The van der Waals surface area contributed by atoms with Crippen LogP contribution in [0.3, 0.4) is 0 Å². The molecule has 0 radical (unpaired) electrons. The zero-order valence-corrected chi connectivity index (χ0v) is 14.0. The van der Waals surface area contributed by atoms with Crippen molar-refractivity contribution in [2.75, 3.05) is 13.1 Å². The van der Waals surface area contributed by atoms with Gasteiger partial charge in [-0.15, -0.1) is 11.3 Å². The van der Waals surface area contributed by atoms with Gasteiger partial charge in [-0.25, -0.2) is 4.98 Å². The average Bonchev–Trinajstić information content (AvgIpc) is 2.96. The minimum Gasteiger partial charge on any atom is -0.337 e. The molecule has 2 N–H and O–H groups in total. The number of nitrogens with zero attached hydrogens (tertiary/aromatic N) is 2. The molecule has 0 aliphatic carbocycles. The molecule has 1 aliphatic rings. The lowest BCUT2D eigenvalue weighted by Gasteiger charge is -2.36. The molecular formula is C16H18ClN3OS. The second kappa shape index (κ2) is 5.99. The summed E-state index contributed by atoms with van der Waals surface area (Å²) in [5.41, 5.74) is 7.29. The fourth-order valence-electron chi connectivity index (χ4n) is 2.51. The lowest BCUT2D eigenvalue weighted by atomic mass is 9.91. The molecule has 1 fully saturated rings. The van der Waals surface area contributed by atoms with Crippen LogP contribution in [0.25, 0.3) is 10.6 Å². The van der Waals surface area contributed by atoms with E-state index in [4.69, 9.17) is 17.3 Å². The van der Waals surface area contributed by atoms with Gasteiger partial charge in [-0.2, -0.15) is 0 Å². The van der Waals surface area contributed by atoms with E-state index in [1.54, 1.807) is 5.38 Å². The predicted molar refractivity (Wildman–Crippen MR) is 90.3 cm³/mol. The van der Waals surface area contributed by atoms with Gasteiger partial charge in [0.05, 0.1) is 5.02 Å². The van der Waals surface area contributed by atoms with Crippen LogP contribution in [-0.4, -0.2) is 34.4 Å². The number of benzene rings is 1. The minimum absolute atomic E-state index is 0.0231. The number of carbonyl (C=O) groups is 1. The van der Waals surface area contributed by atoms with Gasteiger partial charge in [0.25, 0.3) is 5.91 Å². The maximum Gasteiger partial charge on any atom is 0.273 e. The molecule has 2 aromatic rings. The largest absolute Gasteiger partial charge is 0.337 e. The molecule has 0 atom stereocenters. The number of nitrogens with two attached hydrogens (primary N) is 1. The normalized spacial score (nSPS) is 17.5. The Morgan fingerprint density at radius 1 is 1.36 bits per heavy atom. The van der Waals surface area contributed by atoms with Crippen molar-refractivity contribution in [2.45, 2.75) is 25.3 Å². The lowest BCUT2D eigenvalue weighted by molar-refractivity contribution is 0.0676. The van der Waals surface area contributed by atoms with E-state index in [-0.39, 0.29) is 11.4 Å². The summed E-state index contributed by atoms with van der Waals surface area (Å²) in [4.78, 5) is 18.8. The number of piperidine rings is 1. The molecule has 116 valence electrons. The van der Waals surface area contributed by atoms with E-state index < -0.39 is 0 Å². The Morgan fingerprint density at radius 3 is 2.73 bits per heavy atom. The first-order valence-corrected chi connectivity index (χ1v) is 8.51. The van der Waals surface area contributed by atoms with E-state index in [0.29, 0.717) is 23.8 Å². The minimum atomic E-state index is -0.165. The Kier molecular flexibility index (Phi) is 4.21. The molecular weight excluding hydrogens is 318 g/mol. The first-order valence-electron chi connectivity index (χ1n) is 7.25. The van der Waals surface area contributed by atoms with Crippen LogP contribution in [0, 0.1) is 0 Å². The van der Waals surface area contributed by atoms with Crippen LogP contribution in [0.5, 0.6) is 0 Å². The molecule has 1 saturated heterocycles. The number of thiazole rings is 1. The number of carbonyl (C=O) groups excluding carboxylic acids is 1. The Hall–Kier alpha value is -1.43. The van der Waals surface area contributed by atoms with Crippen LogP contribution >= 0.6 is 22.9 Å². The van der Waals surface area contributed by atoms with Crippen molar-refractivity contribution in [2.24, 2.45) is 5.73 Å². The van der Waals surface area contributed by atoms with Crippen molar-refractivity contribution < 1.29 is 4.79 Å². The maximum atomic E-state index is 12.5. The molecule has 1 aromatic heterocycles. The molecule has 0 unspecified atom stereocenters. The molecule has 6 heteroatoms. The highest BCUT2D eigenvalue weighted by atomic mass is 35.5. The highest BCUT2D eigenvalue weighted by Gasteiger charge is 2.29. The van der Waals surface area contributed by atoms with Gasteiger partial charge in [-0.1, -0.05) is 29.8 Å². The zero-order chi connectivity index (χ0) is 15.7. The van der Waals surface area contributed by atoms with E-state index in [1.165, 1.54) is 11.3 Å². The van der Waals surface area contributed by atoms with Gasteiger partial charge < -0.3 is 10.6 Å². The fourth-order valence-corrected chi connectivity index (χ4v) is 3.63. The maximum absolute atomic E-state index is 12.5. The van der Waals surface area contributed by atoms with E-state index in [0.717, 1.165) is 23.4 Å². The smallest absolute Gasteiger partial charge is 0.273 e. The third-order valence-corrected chi connectivity index (χ3v) is 5.23. The van der Waals surface area contributed by atoms with Crippen molar-refractivity contribution in [3.63, 3.8) is 0 Å². The van der Waals surface area contributed by atoms with E-state index in [9.17, 15) is 4.79 Å². The number of halogens is 1. The molecule has 22 heavy (non-hydrogen) atoms. The first-order chi connectivity index (χ1) is 10.5. The predicted octanol–water partition coefficient (Wildman–Crippen LogP) is 3.42. The molecule has 1 aromatic carbocycles. The van der Waals surface area contributed by atoms with Crippen molar-refractivity contribution in [3.05, 3.63) is 40.4 Å². The summed E-state index contributed by atoms with van der Waals surface area (Å²) in [6.07, 6.45) is 1.64. The quantitative estimate of drug-likeness (QED) is 0.914. The Morgan fingerprint density at radius 2 is 2.05 bits per heavy atom. The molecule has 0 bridgehead atoms. The Bertz CT molecular complexity index is 688. The van der Waals surface area contributed by atoms with Gasteiger partial charge in [-0.3, -0.25) is 4.79 Å². The summed E-state index contributed by atoms with van der Waals surface area (Å²) >= 11 is 7.63. The van der Waals surface area contributed by atoms with E-state index >= 15 is 0 Å². The standard InChI is InChI=1S/C16H18ClN3OS/c1-16(18)6-8-20(9-7-16)15(21)13-10-22-14(19-13)11-4-2-3-5-12(11)17/h2-5,10H,6-9,18H2,1H3. The SMILES string of the molecule is CC1(N)CCN(C(=O)c2csc(-c3ccccc3Cl)n2)CC1. The summed E-state index contributed by atoms with van der Waals surface area (Å²) < 4.78 is 0. The van der Waals surface area contributed by atoms with Gasteiger partial charge in [0.15, 0.2) is 0 Å². The van der Waals surface area contributed by atoms with Crippen molar-refractivity contribution in [3.8, 4) is 10.6 Å². The summed E-state index contributed by atoms with van der Waals surface area (Å²) in [5.74, 6) is -0.0231. The highest BCUT2D eigenvalue weighted by Crippen LogP contribution is 2.30. The average molecular weight is 336 g/mol. The third kappa shape index (κ3) is 3.16. The number of likely N-dealkylation sites (tertiary alicyclic amines) is 1. The van der Waals surface area contributed by atoms with Crippen LogP contribution in [0.2, 0.25) is 5.02 Å². The zero-order valence-electron chi connectivity index (χ0n) is 12.4. The molecule has 1 amide bonds. The first kappa shape index (κ1) is 15.5. The summed E-state index contributed by atoms with van der Waals surface area (Å²) in [7, 11) is 0. The highest BCUT2D eigenvalue weighted by molar-refractivity contribution is 7.13. The summed E-state index contributed by atoms with van der Waals surface area (Å²) in [6, 6.07) is 7.53. The second-order valence-electron chi connectivity index (χ2n) is 5.96. The Labute approximate surface area is 138 Å². The monoisotopic (exact) mass is 335 g/mol. The van der Waals surface area contributed by atoms with Crippen molar-refractivity contribution >= 4 is 28.8 Å². The summed E-state index contributed by atoms with van der Waals surface area (Å²) in [6.45, 7) is 3.41. The van der Waals surface area contributed by atoms with Crippen LogP contribution in [0.4, 0.5) is 0 Å². The van der Waals surface area contributed by atoms with E-state index in [1.807, 2.05) is 36.1 Å². The van der Waals surface area contributed by atoms with Crippen molar-refractivity contribution in [1.29, 1.82) is 0 Å². The number of amides is 1. The molecule has 0 spiro atoms. The van der Waals surface area contributed by atoms with Crippen LogP contribution in [0.1, 0.15) is 30.3 Å². The molecule has 4 nitrogen and oxygen atoms in total. The van der Waals surface area contributed by atoms with Gasteiger partial charge in [0, 0.05) is 29.6 Å². The molecule has 1 aliphatic heterocycles. The lowest BCUT2D eigenvalue weighted by Crippen LogP contribution is -2.49. The van der Waals surface area contributed by atoms with Crippen molar-refractivity contribution in [1.82, 2.24) is 9.88 Å². The van der Waals surface area contributed by atoms with Gasteiger partial charge >= 0.3 is 0 Å². The van der Waals surface area contributed by atoms with Gasteiger partial charge in [0.1, 0.15) is 10.7 Å². The number of hydrogen-bond acceptors (Lipinski definition) is 4. The molecule has 3 rings (SSSR count). The molecule has 2 heterocycles. The second-order valence-corrected chi connectivity index (χ2v) is 7.23. The number of aromatic nitrogens is 1. The van der Waals surface area contributed by atoms with Crippen LogP contribution in [0.15, 0.2) is 29.6 Å². The molecule has 0 saturated carbocycles. The number of rotatable bonds is 2. The third-order valence-electron chi connectivity index (χ3n) is 4.02. The Balaban J connectivity index is 1.77. The van der Waals surface area contributed by atoms with Crippen LogP contribution in [-0.2, 0) is 0 Å². The van der Waals surface area contributed by atoms with Gasteiger partial charge in [-0.05, 0) is 25.8 Å².